The van der Waals surface area contributed by atoms with E-state index in [-0.39, 0.29) is 6.04 Å². The molecule has 3 rings (SSSR count). The fourth-order valence-electron chi connectivity index (χ4n) is 1.72. The molecule has 3 N–H and O–H groups in total. The van der Waals surface area contributed by atoms with Crippen LogP contribution in [0.15, 0.2) is 28.1 Å². The van der Waals surface area contributed by atoms with Crippen LogP contribution in [0.2, 0.25) is 0 Å². The minimum absolute atomic E-state index is 0.0962. The van der Waals surface area contributed by atoms with Gasteiger partial charge in [-0.15, -0.1) is 11.3 Å². The Labute approximate surface area is 112 Å². The largest absolute Gasteiger partial charge is 0.328 e. The average Bonchev–Trinajstić information content (AvgIpc) is 2.99. The Bertz CT molecular complexity index is 638. The Morgan fingerprint density at radius 3 is 3.22 bits per heavy atom. The number of imidazole rings is 1. The molecule has 0 aliphatic carbocycles. The number of thiazole rings is 1. The van der Waals surface area contributed by atoms with Gasteiger partial charge < -0.3 is 5.73 Å². The number of fused-ring (bicyclic) bond motifs is 1. The number of nitrogens with zero attached hydrogens (tertiary/aromatic N) is 4. The summed E-state index contributed by atoms with van der Waals surface area (Å²) in [6.45, 7) is 1.99. The van der Waals surface area contributed by atoms with Crippen LogP contribution in [0.25, 0.3) is 4.96 Å². The Hall–Kier alpha value is -1.38. The fraction of sp³-hybridized carbons (Fsp3) is 0.300. The van der Waals surface area contributed by atoms with E-state index in [0.29, 0.717) is 0 Å². The summed E-state index contributed by atoms with van der Waals surface area (Å²) in [4.78, 5) is 9.69. The van der Waals surface area contributed by atoms with E-state index in [4.69, 9.17) is 5.73 Å². The van der Waals surface area contributed by atoms with Crippen molar-refractivity contribution in [1.82, 2.24) is 24.6 Å². The Morgan fingerprint density at radius 1 is 1.61 bits per heavy atom. The molecule has 0 radical (unpaired) electrons. The molecule has 0 bridgehead atoms. The predicted octanol–water partition coefficient (Wildman–Crippen LogP) is 1.55. The van der Waals surface area contributed by atoms with Crippen LogP contribution in [-0.4, -0.2) is 30.6 Å². The highest BCUT2D eigenvalue weighted by Gasteiger charge is 2.16. The van der Waals surface area contributed by atoms with Gasteiger partial charge in [-0.3, -0.25) is 9.50 Å². The minimum atomic E-state index is 0.0962. The van der Waals surface area contributed by atoms with Crippen molar-refractivity contribution in [3.05, 3.63) is 23.6 Å². The Balaban J connectivity index is 2.01. The molecule has 0 aromatic carbocycles. The lowest BCUT2D eigenvalue weighted by molar-refractivity contribution is 0.706. The van der Waals surface area contributed by atoms with Crippen LogP contribution in [0.4, 0.5) is 0 Å². The van der Waals surface area contributed by atoms with Gasteiger partial charge in [0.1, 0.15) is 11.4 Å². The normalized spacial score (nSPS) is 13.2. The molecule has 1 atom stereocenters. The van der Waals surface area contributed by atoms with Crippen LogP contribution in [0.3, 0.4) is 0 Å². The Kier molecular flexibility index (Phi) is 3.06. The van der Waals surface area contributed by atoms with E-state index in [2.05, 4.69) is 24.6 Å². The van der Waals surface area contributed by atoms with Crippen LogP contribution in [0, 0.1) is 0 Å². The molecule has 1 unspecified atom stereocenters. The van der Waals surface area contributed by atoms with E-state index in [9.17, 15) is 0 Å². The second kappa shape index (κ2) is 4.71. The van der Waals surface area contributed by atoms with Crippen molar-refractivity contribution in [1.29, 1.82) is 0 Å². The predicted molar refractivity (Wildman–Crippen MR) is 70.9 cm³/mol. The quantitative estimate of drug-likeness (QED) is 0.757. The molecule has 94 valence electrons. The number of nitrogens with two attached hydrogens (primary N) is 1. The first-order valence-electron chi connectivity index (χ1n) is 5.47. The third-order valence-electron chi connectivity index (χ3n) is 2.43. The molecular weight excluding hydrogens is 268 g/mol. The highest BCUT2D eigenvalue weighted by atomic mass is 32.2. The first-order chi connectivity index (χ1) is 8.74. The minimum Gasteiger partial charge on any atom is -0.328 e. The average molecular weight is 280 g/mol. The highest BCUT2D eigenvalue weighted by Crippen LogP contribution is 2.30. The molecular formula is C10H12N6S2. The summed E-state index contributed by atoms with van der Waals surface area (Å²) in [6, 6.07) is 0.0962. The van der Waals surface area contributed by atoms with E-state index in [1.807, 2.05) is 18.5 Å². The molecule has 0 saturated carbocycles. The molecule has 18 heavy (non-hydrogen) atoms. The zero-order valence-electron chi connectivity index (χ0n) is 9.70. The van der Waals surface area contributed by atoms with E-state index < -0.39 is 0 Å². The molecule has 0 spiro atoms. The van der Waals surface area contributed by atoms with Crippen LogP contribution in [0.5, 0.6) is 0 Å². The maximum Gasteiger partial charge on any atom is 0.194 e. The number of aromatic nitrogens is 5. The van der Waals surface area contributed by atoms with Gasteiger partial charge in [-0.1, -0.05) is 0 Å². The van der Waals surface area contributed by atoms with Crippen molar-refractivity contribution in [2.75, 3.05) is 0 Å². The molecule has 0 aliphatic heterocycles. The van der Waals surface area contributed by atoms with E-state index in [1.54, 1.807) is 11.3 Å². The first kappa shape index (κ1) is 11.7. The van der Waals surface area contributed by atoms with Gasteiger partial charge in [0.15, 0.2) is 10.1 Å². The summed E-state index contributed by atoms with van der Waals surface area (Å²) < 4.78 is 2.09. The summed E-state index contributed by atoms with van der Waals surface area (Å²) in [6.07, 6.45) is 4.30. The smallest absolute Gasteiger partial charge is 0.194 e. The number of hydrogen-bond donors (Lipinski definition) is 2. The number of hydrogen-bond acceptors (Lipinski definition) is 6. The lowest BCUT2D eigenvalue weighted by Gasteiger charge is -2.05. The fourth-order valence-corrected chi connectivity index (χ4v) is 3.32. The monoisotopic (exact) mass is 280 g/mol. The van der Waals surface area contributed by atoms with E-state index in [1.165, 1.54) is 18.1 Å². The molecule has 0 saturated heterocycles. The maximum absolute atomic E-state index is 5.90. The summed E-state index contributed by atoms with van der Waals surface area (Å²) in [7, 11) is 0. The second-order valence-electron chi connectivity index (χ2n) is 3.99. The molecule has 0 aliphatic rings. The molecule has 8 heteroatoms. The van der Waals surface area contributed by atoms with Crippen molar-refractivity contribution in [2.24, 2.45) is 5.73 Å². The summed E-state index contributed by atoms with van der Waals surface area (Å²) in [5.41, 5.74) is 7.03. The van der Waals surface area contributed by atoms with Crippen molar-refractivity contribution in [3.63, 3.8) is 0 Å². The third kappa shape index (κ3) is 2.14. The maximum atomic E-state index is 5.90. The van der Waals surface area contributed by atoms with Crippen LogP contribution in [0.1, 0.15) is 12.6 Å². The molecule has 3 heterocycles. The number of nitrogens with one attached hydrogen (secondary N) is 1. The van der Waals surface area contributed by atoms with Crippen LogP contribution >= 0.6 is 23.1 Å². The Morgan fingerprint density at radius 2 is 2.50 bits per heavy atom. The van der Waals surface area contributed by atoms with Crippen molar-refractivity contribution < 1.29 is 0 Å². The van der Waals surface area contributed by atoms with Gasteiger partial charge in [-0.2, -0.15) is 5.10 Å². The topological polar surface area (TPSA) is 84.9 Å². The van der Waals surface area contributed by atoms with Gasteiger partial charge in [-0.25, -0.2) is 9.97 Å². The van der Waals surface area contributed by atoms with Gasteiger partial charge >= 0.3 is 0 Å². The van der Waals surface area contributed by atoms with Crippen molar-refractivity contribution >= 4 is 28.1 Å². The van der Waals surface area contributed by atoms with Gasteiger partial charge in [0.05, 0.1) is 5.69 Å². The zero-order chi connectivity index (χ0) is 12.5. The van der Waals surface area contributed by atoms with Gasteiger partial charge in [0, 0.05) is 24.0 Å². The van der Waals surface area contributed by atoms with Crippen LogP contribution < -0.4 is 5.73 Å². The van der Waals surface area contributed by atoms with Gasteiger partial charge in [-0.05, 0) is 18.7 Å². The zero-order valence-corrected chi connectivity index (χ0v) is 11.3. The van der Waals surface area contributed by atoms with Crippen LogP contribution in [-0.2, 0) is 6.42 Å². The van der Waals surface area contributed by atoms with Gasteiger partial charge in [0.25, 0.3) is 0 Å². The number of H-pyrrole nitrogens is 1. The lowest BCUT2D eigenvalue weighted by atomic mass is 10.2. The standard InChI is InChI=1S/C10H12N6S2/c1-6(11)4-7-8(18-9-12-5-13-15-9)14-10-16(7)2-3-17-10/h2-3,5-6H,4,11H2,1H3,(H,12,13,15). The summed E-state index contributed by atoms with van der Waals surface area (Å²) in [5, 5.41) is 10.4. The van der Waals surface area contributed by atoms with Gasteiger partial charge in [0.2, 0.25) is 0 Å². The van der Waals surface area contributed by atoms with Crippen molar-refractivity contribution in [3.8, 4) is 0 Å². The number of aromatic amines is 1. The molecule has 0 amide bonds. The summed E-state index contributed by atoms with van der Waals surface area (Å²) >= 11 is 3.10. The SMILES string of the molecule is CC(N)Cc1c(Sc2ncn[nH]2)nc2sccn12. The van der Waals surface area contributed by atoms with Crippen molar-refractivity contribution in [2.45, 2.75) is 29.6 Å². The van der Waals surface area contributed by atoms with E-state index >= 15 is 0 Å². The third-order valence-corrected chi connectivity index (χ3v) is 4.09. The summed E-state index contributed by atoms with van der Waals surface area (Å²) in [5.74, 6) is 0. The molecule has 0 fully saturated rings. The number of rotatable bonds is 4. The first-order valence-corrected chi connectivity index (χ1v) is 7.17. The molecule has 3 aromatic rings. The second-order valence-corrected chi connectivity index (χ2v) is 5.84. The lowest BCUT2D eigenvalue weighted by Crippen LogP contribution is -2.19. The van der Waals surface area contributed by atoms with E-state index in [0.717, 1.165) is 27.3 Å². The molecule has 3 aromatic heterocycles. The highest BCUT2D eigenvalue weighted by molar-refractivity contribution is 7.99. The molecule has 6 nitrogen and oxygen atoms in total.